The Morgan fingerprint density at radius 1 is 1.08 bits per heavy atom. The van der Waals surface area contributed by atoms with Gasteiger partial charge in [0.1, 0.15) is 5.82 Å². The van der Waals surface area contributed by atoms with Crippen LogP contribution in [0.1, 0.15) is 17.0 Å². The topological polar surface area (TPSA) is 102 Å². The third-order valence-electron chi connectivity index (χ3n) is 3.71. The van der Waals surface area contributed by atoms with E-state index in [-0.39, 0.29) is 0 Å². The Hall–Kier alpha value is -2.51. The Morgan fingerprint density at radius 3 is 2.46 bits per heavy atom. The maximum atomic E-state index is 11.9. The first-order chi connectivity index (χ1) is 11.5. The van der Waals surface area contributed by atoms with Gasteiger partial charge in [0.25, 0.3) is 0 Å². The Kier molecular flexibility index (Phi) is 4.46. The van der Waals surface area contributed by atoms with Gasteiger partial charge in [-0.05, 0) is 17.2 Å². The number of nitrogens with two attached hydrogens (primary N) is 1. The van der Waals surface area contributed by atoms with E-state index in [2.05, 4.69) is 15.2 Å². The molecule has 24 heavy (non-hydrogen) atoms. The van der Waals surface area contributed by atoms with Crippen LogP contribution >= 0.6 is 0 Å². The fourth-order valence-electron chi connectivity index (χ4n) is 2.49. The highest BCUT2D eigenvalue weighted by Crippen LogP contribution is 2.20. The van der Waals surface area contributed by atoms with E-state index in [1.165, 1.54) is 6.26 Å². The largest absolute Gasteiger partial charge is 0.326 e. The molecule has 0 unspecified atom stereocenters. The van der Waals surface area contributed by atoms with Gasteiger partial charge < -0.3 is 5.73 Å². The van der Waals surface area contributed by atoms with Crippen molar-refractivity contribution in [2.24, 2.45) is 5.73 Å². The normalized spacial score (nSPS) is 11.6. The molecule has 2 aromatic carbocycles. The zero-order valence-corrected chi connectivity index (χ0v) is 14.0. The zero-order chi connectivity index (χ0) is 17.2. The van der Waals surface area contributed by atoms with Crippen LogP contribution in [0.3, 0.4) is 0 Å². The number of hydrogen-bond acceptors (Lipinski definition) is 5. The van der Waals surface area contributed by atoms with Gasteiger partial charge in [-0.15, -0.1) is 0 Å². The maximum absolute atomic E-state index is 11.9. The molecule has 0 saturated heterocycles. The average molecular weight is 342 g/mol. The standard InChI is InChI=1S/C17H18N4O2S/c1-24(22,23)15-5-3-2-4-14(15)10-16-19-17(21-20-16)13-8-6-12(11-18)7-9-13/h2-9H,10-11,18H2,1H3,(H,19,20,21). The Morgan fingerprint density at radius 2 is 1.79 bits per heavy atom. The molecule has 3 rings (SSSR count). The van der Waals surface area contributed by atoms with Gasteiger partial charge >= 0.3 is 0 Å². The number of rotatable bonds is 5. The predicted octanol–water partition coefficient (Wildman–Crippen LogP) is 1.92. The molecule has 0 spiro atoms. The van der Waals surface area contributed by atoms with Crippen molar-refractivity contribution >= 4 is 9.84 Å². The summed E-state index contributed by atoms with van der Waals surface area (Å²) in [5.74, 6) is 1.19. The lowest BCUT2D eigenvalue weighted by molar-refractivity contribution is 0.601. The summed E-state index contributed by atoms with van der Waals surface area (Å²) in [6, 6.07) is 14.6. The number of nitrogens with zero attached hydrogens (tertiary/aromatic N) is 2. The van der Waals surface area contributed by atoms with Crippen molar-refractivity contribution in [2.45, 2.75) is 17.9 Å². The summed E-state index contributed by atoms with van der Waals surface area (Å²) >= 11 is 0. The van der Waals surface area contributed by atoms with Gasteiger partial charge in [-0.1, -0.05) is 42.5 Å². The molecule has 0 amide bonds. The van der Waals surface area contributed by atoms with E-state index in [4.69, 9.17) is 5.73 Å². The number of aromatic amines is 1. The highest BCUT2D eigenvalue weighted by molar-refractivity contribution is 7.90. The summed E-state index contributed by atoms with van der Waals surface area (Å²) in [6.45, 7) is 0.488. The minimum Gasteiger partial charge on any atom is -0.326 e. The van der Waals surface area contributed by atoms with Gasteiger partial charge in [0.05, 0.1) is 4.90 Å². The van der Waals surface area contributed by atoms with Crippen molar-refractivity contribution in [2.75, 3.05) is 6.26 Å². The quantitative estimate of drug-likeness (QED) is 0.737. The highest BCUT2D eigenvalue weighted by atomic mass is 32.2. The fraction of sp³-hybridized carbons (Fsp3) is 0.176. The van der Waals surface area contributed by atoms with Gasteiger partial charge in [-0.2, -0.15) is 5.10 Å². The van der Waals surface area contributed by atoms with E-state index in [0.717, 1.165) is 11.1 Å². The van der Waals surface area contributed by atoms with Gasteiger partial charge in [0.2, 0.25) is 0 Å². The average Bonchev–Trinajstić information content (AvgIpc) is 3.03. The Balaban J connectivity index is 1.87. The second-order valence-corrected chi connectivity index (χ2v) is 7.55. The Labute approximate surface area is 140 Å². The van der Waals surface area contributed by atoms with Gasteiger partial charge in [0, 0.05) is 24.8 Å². The molecule has 0 bridgehead atoms. The number of nitrogens with one attached hydrogen (secondary N) is 1. The third kappa shape index (κ3) is 3.52. The molecular weight excluding hydrogens is 324 g/mol. The third-order valence-corrected chi connectivity index (χ3v) is 4.91. The molecule has 3 aromatic rings. The van der Waals surface area contributed by atoms with Gasteiger partial charge in [-0.3, -0.25) is 5.10 Å². The summed E-state index contributed by atoms with van der Waals surface area (Å²) in [5, 5.41) is 7.09. The van der Waals surface area contributed by atoms with Crippen LogP contribution < -0.4 is 5.73 Å². The minimum absolute atomic E-state index is 0.315. The number of aromatic nitrogens is 3. The van der Waals surface area contributed by atoms with Crippen LogP contribution in [0, 0.1) is 0 Å². The number of H-pyrrole nitrogens is 1. The summed E-state index contributed by atoms with van der Waals surface area (Å²) < 4.78 is 23.7. The summed E-state index contributed by atoms with van der Waals surface area (Å²) in [4.78, 5) is 4.78. The molecule has 1 heterocycles. The molecule has 7 heteroatoms. The zero-order valence-electron chi connectivity index (χ0n) is 13.2. The van der Waals surface area contributed by atoms with Crippen LogP contribution in [0.5, 0.6) is 0 Å². The number of benzene rings is 2. The van der Waals surface area contributed by atoms with Crippen LogP contribution in [-0.2, 0) is 22.8 Å². The molecule has 0 radical (unpaired) electrons. The first-order valence-corrected chi connectivity index (χ1v) is 9.35. The van der Waals surface area contributed by atoms with Crippen molar-refractivity contribution < 1.29 is 8.42 Å². The van der Waals surface area contributed by atoms with Crippen LogP contribution in [0.15, 0.2) is 53.4 Å². The van der Waals surface area contributed by atoms with E-state index in [9.17, 15) is 8.42 Å². The lowest BCUT2D eigenvalue weighted by Crippen LogP contribution is -2.03. The highest BCUT2D eigenvalue weighted by Gasteiger charge is 2.14. The van der Waals surface area contributed by atoms with Crippen LogP contribution in [0.4, 0.5) is 0 Å². The van der Waals surface area contributed by atoms with Crippen molar-refractivity contribution in [3.05, 3.63) is 65.5 Å². The van der Waals surface area contributed by atoms with Gasteiger partial charge in [-0.25, -0.2) is 13.4 Å². The summed E-state index contributed by atoms with van der Waals surface area (Å²) in [6.07, 6.45) is 1.58. The molecule has 0 aliphatic rings. The monoisotopic (exact) mass is 342 g/mol. The molecule has 3 N–H and O–H groups in total. The van der Waals surface area contributed by atoms with Crippen LogP contribution in [0.25, 0.3) is 11.4 Å². The van der Waals surface area contributed by atoms with Crippen LogP contribution in [-0.4, -0.2) is 29.9 Å². The SMILES string of the molecule is CS(=O)(=O)c1ccccc1Cc1nc(-c2ccc(CN)cc2)n[nH]1. The molecular formula is C17H18N4O2S. The molecule has 0 atom stereocenters. The van der Waals surface area contributed by atoms with Crippen molar-refractivity contribution in [3.8, 4) is 11.4 Å². The van der Waals surface area contributed by atoms with E-state index in [0.29, 0.717) is 35.1 Å². The molecule has 124 valence electrons. The number of sulfone groups is 1. The van der Waals surface area contributed by atoms with E-state index >= 15 is 0 Å². The maximum Gasteiger partial charge on any atom is 0.181 e. The van der Waals surface area contributed by atoms with Crippen molar-refractivity contribution in [3.63, 3.8) is 0 Å². The van der Waals surface area contributed by atoms with Crippen molar-refractivity contribution in [1.29, 1.82) is 0 Å². The Bertz CT molecular complexity index is 947. The lowest BCUT2D eigenvalue weighted by Gasteiger charge is -2.05. The minimum atomic E-state index is -3.28. The van der Waals surface area contributed by atoms with E-state index in [1.54, 1.807) is 18.2 Å². The fourth-order valence-corrected chi connectivity index (χ4v) is 3.43. The second-order valence-electron chi connectivity index (χ2n) is 5.56. The van der Waals surface area contributed by atoms with Gasteiger partial charge in [0.15, 0.2) is 15.7 Å². The first-order valence-electron chi connectivity index (χ1n) is 7.46. The molecule has 1 aromatic heterocycles. The number of hydrogen-bond donors (Lipinski definition) is 2. The summed E-state index contributed by atoms with van der Waals surface area (Å²) in [5.41, 5.74) is 8.21. The second kappa shape index (κ2) is 6.54. The lowest BCUT2D eigenvalue weighted by atomic mass is 10.1. The van der Waals surface area contributed by atoms with Crippen molar-refractivity contribution in [1.82, 2.24) is 15.2 Å². The van der Waals surface area contributed by atoms with E-state index < -0.39 is 9.84 Å². The smallest absolute Gasteiger partial charge is 0.181 e. The molecule has 0 aliphatic carbocycles. The predicted molar refractivity (Wildman–Crippen MR) is 92.1 cm³/mol. The first kappa shape index (κ1) is 16.4. The molecule has 0 saturated carbocycles. The molecule has 0 fully saturated rings. The van der Waals surface area contributed by atoms with Crippen LogP contribution in [0.2, 0.25) is 0 Å². The van der Waals surface area contributed by atoms with E-state index in [1.807, 2.05) is 30.3 Å². The summed E-state index contributed by atoms with van der Waals surface area (Å²) in [7, 11) is -3.28. The molecule has 6 nitrogen and oxygen atoms in total. The molecule has 0 aliphatic heterocycles.